The van der Waals surface area contributed by atoms with E-state index in [1.807, 2.05) is 18.2 Å². The van der Waals surface area contributed by atoms with Crippen LogP contribution in [0, 0.1) is 0 Å². The SMILES string of the molecule is CCN1c2ccc(/C=N/NC(=O)COc3cccc(Br)c3)cc2C(C)=CC1(C)C. The van der Waals surface area contributed by atoms with E-state index in [4.69, 9.17) is 4.74 Å². The molecule has 0 fully saturated rings. The lowest BCUT2D eigenvalue weighted by Gasteiger charge is -2.42. The van der Waals surface area contributed by atoms with Crippen LogP contribution in [-0.2, 0) is 4.79 Å². The molecule has 2 aromatic carbocycles. The number of carbonyl (C=O) groups is 1. The molecule has 1 aliphatic rings. The number of fused-ring (bicyclic) bond motifs is 1. The number of hydrogen-bond acceptors (Lipinski definition) is 4. The minimum atomic E-state index is -0.311. The first-order chi connectivity index (χ1) is 13.8. The normalized spacial score (nSPS) is 15.1. The van der Waals surface area contributed by atoms with Crippen LogP contribution in [-0.4, -0.2) is 30.8 Å². The molecule has 0 bridgehead atoms. The zero-order valence-corrected chi connectivity index (χ0v) is 18.8. The molecule has 6 heteroatoms. The van der Waals surface area contributed by atoms with Gasteiger partial charge in [0.1, 0.15) is 5.75 Å². The Morgan fingerprint density at radius 1 is 1.28 bits per heavy atom. The molecule has 29 heavy (non-hydrogen) atoms. The van der Waals surface area contributed by atoms with Gasteiger partial charge in [0, 0.05) is 22.3 Å². The summed E-state index contributed by atoms with van der Waals surface area (Å²) in [5, 5.41) is 4.07. The van der Waals surface area contributed by atoms with Crippen molar-refractivity contribution in [1.82, 2.24) is 5.43 Å². The second kappa shape index (κ2) is 8.82. The summed E-state index contributed by atoms with van der Waals surface area (Å²) in [6, 6.07) is 13.6. The van der Waals surface area contributed by atoms with E-state index in [1.54, 1.807) is 18.3 Å². The average Bonchev–Trinajstić information content (AvgIpc) is 2.66. The predicted octanol–water partition coefficient (Wildman–Crippen LogP) is 5.00. The van der Waals surface area contributed by atoms with E-state index in [9.17, 15) is 4.79 Å². The van der Waals surface area contributed by atoms with E-state index in [2.05, 4.69) is 77.3 Å². The van der Waals surface area contributed by atoms with Gasteiger partial charge in [0.25, 0.3) is 5.91 Å². The van der Waals surface area contributed by atoms with Gasteiger partial charge in [-0.05, 0) is 69.2 Å². The van der Waals surface area contributed by atoms with Crippen molar-refractivity contribution in [2.75, 3.05) is 18.1 Å². The lowest BCUT2D eigenvalue weighted by atomic mass is 9.88. The minimum Gasteiger partial charge on any atom is -0.484 e. The van der Waals surface area contributed by atoms with Gasteiger partial charge in [0.05, 0.1) is 11.8 Å². The van der Waals surface area contributed by atoms with Crippen molar-refractivity contribution in [3.8, 4) is 5.75 Å². The summed E-state index contributed by atoms with van der Waals surface area (Å²) in [6.07, 6.45) is 3.95. The van der Waals surface area contributed by atoms with Crippen molar-refractivity contribution in [3.63, 3.8) is 0 Å². The lowest BCUT2D eigenvalue weighted by molar-refractivity contribution is -0.123. The molecule has 0 aromatic heterocycles. The Hall–Kier alpha value is -2.60. The maximum atomic E-state index is 12.0. The molecule has 0 unspecified atom stereocenters. The summed E-state index contributed by atoms with van der Waals surface area (Å²) < 4.78 is 6.35. The minimum absolute atomic E-state index is 0.0102. The fourth-order valence-corrected chi connectivity index (χ4v) is 4.05. The summed E-state index contributed by atoms with van der Waals surface area (Å²) in [5.74, 6) is 0.313. The van der Waals surface area contributed by atoms with Crippen molar-refractivity contribution >= 4 is 39.3 Å². The van der Waals surface area contributed by atoms with Crippen molar-refractivity contribution in [2.45, 2.75) is 33.2 Å². The van der Waals surface area contributed by atoms with Crippen LogP contribution >= 0.6 is 15.9 Å². The average molecular weight is 456 g/mol. The molecule has 1 aliphatic heterocycles. The summed E-state index contributed by atoms with van der Waals surface area (Å²) in [6.45, 7) is 9.59. The third-order valence-corrected chi connectivity index (χ3v) is 5.38. The molecule has 3 rings (SSSR count). The van der Waals surface area contributed by atoms with Crippen LogP contribution in [0.4, 0.5) is 5.69 Å². The summed E-state index contributed by atoms with van der Waals surface area (Å²) >= 11 is 3.37. The van der Waals surface area contributed by atoms with Gasteiger partial charge in [0.2, 0.25) is 0 Å². The number of rotatable bonds is 6. The molecule has 1 amide bonds. The van der Waals surface area contributed by atoms with E-state index < -0.39 is 0 Å². The fraction of sp³-hybridized carbons (Fsp3) is 0.304. The van der Waals surface area contributed by atoms with Crippen LogP contribution in [0.2, 0.25) is 0 Å². The molecular weight excluding hydrogens is 430 g/mol. The van der Waals surface area contributed by atoms with E-state index >= 15 is 0 Å². The molecule has 0 saturated carbocycles. The molecule has 5 nitrogen and oxygen atoms in total. The van der Waals surface area contributed by atoms with Gasteiger partial charge in [0.15, 0.2) is 6.61 Å². The third-order valence-electron chi connectivity index (χ3n) is 4.89. The van der Waals surface area contributed by atoms with Gasteiger partial charge < -0.3 is 9.64 Å². The van der Waals surface area contributed by atoms with Crippen LogP contribution in [0.5, 0.6) is 5.75 Å². The topological polar surface area (TPSA) is 53.9 Å². The molecule has 0 radical (unpaired) electrons. The molecule has 1 N–H and O–H groups in total. The second-order valence-electron chi connectivity index (χ2n) is 7.54. The van der Waals surface area contributed by atoms with Crippen molar-refractivity contribution in [3.05, 3.63) is 64.1 Å². The number of likely N-dealkylation sites (N-methyl/N-ethyl adjacent to an activating group) is 1. The quantitative estimate of drug-likeness (QED) is 0.492. The molecule has 0 saturated heterocycles. The zero-order chi connectivity index (χ0) is 21.0. The third kappa shape index (κ3) is 5.07. The maximum Gasteiger partial charge on any atom is 0.277 e. The van der Waals surface area contributed by atoms with E-state index in [1.165, 1.54) is 16.8 Å². The molecule has 2 aromatic rings. The number of hydrogen-bond donors (Lipinski definition) is 1. The standard InChI is InChI=1S/C23H26BrN3O2/c1-5-27-21-10-9-17(11-20(21)16(2)13-23(27,3)4)14-25-26-22(28)15-29-19-8-6-7-18(24)12-19/h6-14H,5,15H2,1-4H3,(H,26,28)/b25-14+. The number of benzene rings is 2. The molecule has 0 spiro atoms. The largest absolute Gasteiger partial charge is 0.484 e. The van der Waals surface area contributed by atoms with Crippen molar-refractivity contribution < 1.29 is 9.53 Å². The van der Waals surface area contributed by atoms with Gasteiger partial charge in [-0.1, -0.05) is 34.1 Å². The van der Waals surface area contributed by atoms with E-state index in [-0.39, 0.29) is 18.1 Å². The van der Waals surface area contributed by atoms with E-state index in [0.717, 1.165) is 16.6 Å². The smallest absolute Gasteiger partial charge is 0.277 e. The maximum absolute atomic E-state index is 12.0. The van der Waals surface area contributed by atoms with Crippen LogP contribution in [0.15, 0.2) is 58.1 Å². The Labute approximate surface area is 180 Å². The highest BCUT2D eigenvalue weighted by molar-refractivity contribution is 9.10. The zero-order valence-electron chi connectivity index (χ0n) is 17.2. The predicted molar refractivity (Wildman–Crippen MR) is 123 cm³/mol. The van der Waals surface area contributed by atoms with Crippen LogP contribution in [0.3, 0.4) is 0 Å². The molecular formula is C23H26BrN3O2. The second-order valence-corrected chi connectivity index (χ2v) is 8.46. The molecule has 0 aliphatic carbocycles. The number of anilines is 1. The fourth-order valence-electron chi connectivity index (χ4n) is 3.68. The monoisotopic (exact) mass is 455 g/mol. The number of nitrogens with one attached hydrogen (secondary N) is 1. The highest BCUT2D eigenvalue weighted by Gasteiger charge is 2.29. The summed E-state index contributed by atoms with van der Waals surface area (Å²) in [4.78, 5) is 14.3. The van der Waals surface area contributed by atoms with E-state index in [0.29, 0.717) is 5.75 Å². The van der Waals surface area contributed by atoms with Gasteiger partial charge in [-0.2, -0.15) is 5.10 Å². The molecule has 152 valence electrons. The summed E-state index contributed by atoms with van der Waals surface area (Å²) in [7, 11) is 0. The van der Waals surface area contributed by atoms with Gasteiger partial charge in [-0.25, -0.2) is 5.43 Å². The van der Waals surface area contributed by atoms with Crippen molar-refractivity contribution in [2.24, 2.45) is 5.10 Å². The number of nitrogens with zero attached hydrogens (tertiary/aromatic N) is 2. The Bertz CT molecular complexity index is 966. The highest BCUT2D eigenvalue weighted by atomic mass is 79.9. The number of halogens is 1. The Kier molecular flexibility index (Phi) is 6.42. The Morgan fingerprint density at radius 3 is 2.79 bits per heavy atom. The number of ether oxygens (including phenoxy) is 1. The van der Waals surface area contributed by atoms with Gasteiger partial charge in [-0.15, -0.1) is 0 Å². The number of hydrazone groups is 1. The molecule has 0 atom stereocenters. The number of amides is 1. The first-order valence-electron chi connectivity index (χ1n) is 9.62. The summed E-state index contributed by atoms with van der Waals surface area (Å²) in [5.41, 5.74) is 7.09. The van der Waals surface area contributed by atoms with Crippen molar-refractivity contribution in [1.29, 1.82) is 0 Å². The highest BCUT2D eigenvalue weighted by Crippen LogP contribution is 2.38. The van der Waals surface area contributed by atoms with Crippen LogP contribution in [0.1, 0.15) is 38.8 Å². The number of carbonyl (C=O) groups excluding carboxylic acids is 1. The first kappa shape index (κ1) is 21.1. The van der Waals surface area contributed by atoms with Gasteiger partial charge in [-0.3, -0.25) is 4.79 Å². The Balaban J connectivity index is 1.63. The van der Waals surface area contributed by atoms with Crippen LogP contribution in [0.25, 0.3) is 5.57 Å². The first-order valence-corrected chi connectivity index (χ1v) is 10.4. The molecule has 1 heterocycles. The lowest BCUT2D eigenvalue weighted by Crippen LogP contribution is -2.44. The Morgan fingerprint density at radius 2 is 2.07 bits per heavy atom. The van der Waals surface area contributed by atoms with Crippen LogP contribution < -0.4 is 15.1 Å². The number of allylic oxidation sites excluding steroid dienone is 1. The van der Waals surface area contributed by atoms with Gasteiger partial charge >= 0.3 is 0 Å².